The Morgan fingerprint density at radius 3 is 2.31 bits per heavy atom. The van der Waals surface area contributed by atoms with Gasteiger partial charge >= 0.3 is 12.1 Å². The van der Waals surface area contributed by atoms with Gasteiger partial charge in [-0.05, 0) is 49.4 Å². The Morgan fingerprint density at radius 1 is 1.03 bits per heavy atom. The second-order valence-electron chi connectivity index (χ2n) is 6.02. The van der Waals surface area contributed by atoms with E-state index >= 15 is 0 Å². The molecule has 0 radical (unpaired) electrons. The van der Waals surface area contributed by atoms with Crippen molar-refractivity contribution >= 4 is 5.97 Å². The number of methoxy groups -OCH3 is 1. The number of nitrogens with zero attached hydrogens (tertiary/aromatic N) is 2. The molecule has 1 aromatic heterocycles. The first-order chi connectivity index (χ1) is 13.7. The molecule has 0 N–H and O–H groups in total. The van der Waals surface area contributed by atoms with Gasteiger partial charge in [-0.3, -0.25) is 4.79 Å². The lowest BCUT2D eigenvalue weighted by molar-refractivity contribution is -0.137. The molecule has 9 heteroatoms. The van der Waals surface area contributed by atoms with Crippen LogP contribution in [0.1, 0.15) is 21.7 Å². The van der Waals surface area contributed by atoms with Crippen LogP contribution in [-0.4, -0.2) is 22.9 Å². The molecule has 0 saturated carbocycles. The van der Waals surface area contributed by atoms with Gasteiger partial charge < -0.3 is 9.47 Å². The Kier molecular flexibility index (Phi) is 5.40. The number of halogens is 3. The number of aryl methyl sites for hydroxylation is 1. The van der Waals surface area contributed by atoms with Gasteiger partial charge in [0, 0.05) is 11.8 Å². The third-order valence-corrected chi connectivity index (χ3v) is 3.99. The van der Waals surface area contributed by atoms with Gasteiger partial charge in [-0.1, -0.05) is 6.07 Å². The van der Waals surface area contributed by atoms with Crippen molar-refractivity contribution in [2.45, 2.75) is 13.1 Å². The fourth-order valence-electron chi connectivity index (χ4n) is 2.56. The van der Waals surface area contributed by atoms with E-state index in [4.69, 9.17) is 9.47 Å². The molecule has 0 saturated heterocycles. The summed E-state index contributed by atoms with van der Waals surface area (Å²) in [6.45, 7) is 1.49. The van der Waals surface area contributed by atoms with Crippen molar-refractivity contribution in [3.8, 4) is 17.2 Å². The first-order valence-corrected chi connectivity index (χ1v) is 8.34. The highest BCUT2D eigenvalue weighted by Crippen LogP contribution is 2.30. The van der Waals surface area contributed by atoms with E-state index in [0.29, 0.717) is 5.75 Å². The lowest BCUT2D eigenvalue weighted by Crippen LogP contribution is -2.25. The molecule has 3 rings (SSSR count). The zero-order valence-corrected chi connectivity index (χ0v) is 15.4. The van der Waals surface area contributed by atoms with Gasteiger partial charge in [-0.25, -0.2) is 9.48 Å². The van der Waals surface area contributed by atoms with Gasteiger partial charge in [0.15, 0.2) is 0 Å². The fourth-order valence-corrected chi connectivity index (χ4v) is 2.56. The zero-order chi connectivity index (χ0) is 21.2. The molecule has 6 nitrogen and oxygen atoms in total. The molecule has 150 valence electrons. The maximum absolute atomic E-state index is 13.0. The molecule has 0 aliphatic heterocycles. The van der Waals surface area contributed by atoms with Crippen molar-refractivity contribution in [2.24, 2.45) is 0 Å². The number of esters is 1. The first-order valence-electron chi connectivity index (χ1n) is 8.34. The average Bonchev–Trinajstić information content (AvgIpc) is 2.68. The summed E-state index contributed by atoms with van der Waals surface area (Å²) in [5.41, 5.74) is -1.82. The van der Waals surface area contributed by atoms with Gasteiger partial charge in [0.2, 0.25) is 11.1 Å². The largest absolute Gasteiger partial charge is 0.497 e. The van der Waals surface area contributed by atoms with Crippen LogP contribution in [0.3, 0.4) is 0 Å². The molecule has 0 aliphatic rings. The molecule has 0 fully saturated rings. The highest BCUT2D eigenvalue weighted by molar-refractivity contribution is 5.88. The number of ether oxygens (including phenoxy) is 2. The van der Waals surface area contributed by atoms with Crippen LogP contribution < -0.4 is 14.9 Å². The molecular formula is C20H15F3N2O4. The Hall–Kier alpha value is -3.62. The van der Waals surface area contributed by atoms with Crippen LogP contribution in [0, 0.1) is 6.92 Å². The molecule has 1 heterocycles. The van der Waals surface area contributed by atoms with Crippen molar-refractivity contribution in [1.29, 1.82) is 0 Å². The van der Waals surface area contributed by atoms with Crippen molar-refractivity contribution in [3.63, 3.8) is 0 Å². The van der Waals surface area contributed by atoms with Crippen LogP contribution in [-0.2, 0) is 6.18 Å². The van der Waals surface area contributed by atoms with E-state index in [9.17, 15) is 22.8 Å². The van der Waals surface area contributed by atoms with E-state index in [1.54, 1.807) is 12.1 Å². The van der Waals surface area contributed by atoms with Gasteiger partial charge in [-0.2, -0.15) is 18.3 Å². The van der Waals surface area contributed by atoms with E-state index in [1.807, 2.05) is 0 Å². The summed E-state index contributed by atoms with van der Waals surface area (Å²) in [4.78, 5) is 24.6. The van der Waals surface area contributed by atoms with Crippen LogP contribution >= 0.6 is 0 Å². The third kappa shape index (κ3) is 4.45. The number of aromatic nitrogens is 2. The summed E-state index contributed by atoms with van der Waals surface area (Å²) in [5, 5.41) is 3.93. The van der Waals surface area contributed by atoms with Crippen molar-refractivity contribution in [1.82, 2.24) is 9.78 Å². The highest BCUT2D eigenvalue weighted by Gasteiger charge is 2.30. The lowest BCUT2D eigenvalue weighted by atomic mass is 10.2. The number of rotatable bonds is 4. The minimum Gasteiger partial charge on any atom is -0.497 e. The second kappa shape index (κ2) is 7.78. The molecule has 0 bridgehead atoms. The number of carbonyl (C=O) groups excluding carboxylic acids is 1. The SMILES string of the molecule is COc1ccc(OC(=O)c2nn(-c3cccc(C(F)(F)F)c3)c(C)cc2=O)cc1. The summed E-state index contributed by atoms with van der Waals surface area (Å²) in [7, 11) is 1.48. The van der Waals surface area contributed by atoms with Gasteiger partial charge in [-0.15, -0.1) is 0 Å². The fraction of sp³-hybridized carbons (Fsp3) is 0.150. The standard InChI is InChI=1S/C20H15F3N2O4/c1-12-10-17(26)18(19(27)29-16-8-6-15(28-2)7-9-16)24-25(12)14-5-3-4-13(11-14)20(21,22)23/h3-11H,1-2H3. The monoisotopic (exact) mass is 404 g/mol. The van der Waals surface area contributed by atoms with Crippen LogP contribution in [0.2, 0.25) is 0 Å². The van der Waals surface area contributed by atoms with Crippen LogP contribution in [0.25, 0.3) is 5.69 Å². The Bertz CT molecular complexity index is 1110. The van der Waals surface area contributed by atoms with E-state index < -0.39 is 28.8 Å². The number of hydrogen-bond donors (Lipinski definition) is 0. The molecule has 3 aromatic rings. The smallest absolute Gasteiger partial charge is 0.416 e. The van der Waals surface area contributed by atoms with E-state index in [2.05, 4.69) is 5.10 Å². The number of hydrogen-bond acceptors (Lipinski definition) is 5. The topological polar surface area (TPSA) is 70.4 Å². The van der Waals surface area contributed by atoms with Gasteiger partial charge in [0.25, 0.3) is 0 Å². The quantitative estimate of drug-likeness (QED) is 0.489. The van der Waals surface area contributed by atoms with E-state index in [0.717, 1.165) is 22.9 Å². The summed E-state index contributed by atoms with van der Waals surface area (Å²) in [5.74, 6) is -0.325. The Labute approximate surface area is 163 Å². The molecule has 0 atom stereocenters. The second-order valence-corrected chi connectivity index (χ2v) is 6.02. The summed E-state index contributed by atoms with van der Waals surface area (Å²) < 4.78 is 50.2. The zero-order valence-electron chi connectivity index (χ0n) is 15.4. The van der Waals surface area contributed by atoms with Crippen molar-refractivity contribution < 1.29 is 27.4 Å². The molecular weight excluding hydrogens is 389 g/mol. The Morgan fingerprint density at radius 2 is 1.69 bits per heavy atom. The molecule has 0 unspecified atom stereocenters. The third-order valence-electron chi connectivity index (χ3n) is 3.99. The Balaban J connectivity index is 1.97. The summed E-state index contributed by atoms with van der Waals surface area (Å²) in [6, 6.07) is 11.6. The first kappa shape index (κ1) is 20.1. The molecule has 0 aliphatic carbocycles. The number of benzene rings is 2. The molecule has 0 amide bonds. The maximum Gasteiger partial charge on any atom is 0.416 e. The molecule has 0 spiro atoms. The minimum atomic E-state index is -4.54. The minimum absolute atomic E-state index is 0.0517. The predicted molar refractivity (Wildman–Crippen MR) is 97.5 cm³/mol. The normalized spacial score (nSPS) is 11.2. The van der Waals surface area contributed by atoms with Gasteiger partial charge in [0.05, 0.1) is 18.4 Å². The summed E-state index contributed by atoms with van der Waals surface area (Å²) in [6.07, 6.45) is -4.54. The lowest BCUT2D eigenvalue weighted by Gasteiger charge is -2.13. The molecule has 29 heavy (non-hydrogen) atoms. The van der Waals surface area contributed by atoms with Gasteiger partial charge in [0.1, 0.15) is 11.5 Å². The van der Waals surface area contributed by atoms with E-state index in [1.165, 1.54) is 38.3 Å². The van der Waals surface area contributed by atoms with Crippen LogP contribution in [0.5, 0.6) is 11.5 Å². The van der Waals surface area contributed by atoms with Crippen LogP contribution in [0.4, 0.5) is 13.2 Å². The number of carbonyl (C=O) groups is 1. The molecule has 2 aromatic carbocycles. The number of alkyl halides is 3. The van der Waals surface area contributed by atoms with Crippen LogP contribution in [0.15, 0.2) is 59.4 Å². The highest BCUT2D eigenvalue weighted by atomic mass is 19.4. The average molecular weight is 404 g/mol. The van der Waals surface area contributed by atoms with E-state index in [-0.39, 0.29) is 17.1 Å². The maximum atomic E-state index is 13.0. The predicted octanol–water partition coefficient (Wildman–Crippen LogP) is 3.79. The van der Waals surface area contributed by atoms with Crippen molar-refractivity contribution in [2.75, 3.05) is 7.11 Å². The summed E-state index contributed by atoms with van der Waals surface area (Å²) >= 11 is 0. The van der Waals surface area contributed by atoms with Crippen molar-refractivity contribution in [3.05, 3.63) is 81.8 Å².